The predicted molar refractivity (Wildman–Crippen MR) is 124 cm³/mol. The van der Waals surface area contributed by atoms with Gasteiger partial charge in [0.15, 0.2) is 5.13 Å². The highest BCUT2D eigenvalue weighted by Gasteiger charge is 2.18. The zero-order valence-corrected chi connectivity index (χ0v) is 18.5. The Morgan fingerprint density at radius 2 is 1.83 bits per heavy atom. The van der Waals surface area contributed by atoms with Crippen LogP contribution >= 0.6 is 11.3 Å². The predicted octanol–water partition coefficient (Wildman–Crippen LogP) is 4.51. The van der Waals surface area contributed by atoms with Crippen molar-refractivity contribution in [3.05, 3.63) is 52.8 Å². The lowest BCUT2D eigenvalue weighted by Crippen LogP contribution is -2.33. The lowest BCUT2D eigenvalue weighted by Gasteiger charge is -2.26. The minimum atomic E-state index is -0.0839. The maximum atomic E-state index is 12.2. The van der Waals surface area contributed by atoms with E-state index in [4.69, 9.17) is 4.98 Å². The molecule has 4 rings (SSSR count). The fraction of sp³-hybridized carbons (Fsp3) is 0.435. The van der Waals surface area contributed by atoms with Crippen molar-refractivity contribution in [1.82, 2.24) is 19.7 Å². The van der Waals surface area contributed by atoms with Crippen LogP contribution in [0.25, 0.3) is 21.8 Å². The highest BCUT2D eigenvalue weighted by Crippen LogP contribution is 2.37. The summed E-state index contributed by atoms with van der Waals surface area (Å²) in [4.78, 5) is 20.6. The van der Waals surface area contributed by atoms with Crippen molar-refractivity contribution in [1.29, 1.82) is 0 Å². The van der Waals surface area contributed by atoms with E-state index in [1.54, 1.807) is 23.5 Å². The zero-order valence-electron chi connectivity index (χ0n) is 17.7. The van der Waals surface area contributed by atoms with Crippen LogP contribution in [0, 0.1) is 0 Å². The average molecular weight is 424 g/mol. The van der Waals surface area contributed by atoms with Crippen LogP contribution in [0.3, 0.4) is 0 Å². The number of hydrogen-bond acceptors (Lipinski definition) is 6. The van der Waals surface area contributed by atoms with Crippen molar-refractivity contribution in [3.8, 4) is 21.8 Å². The van der Waals surface area contributed by atoms with Gasteiger partial charge in [0.2, 0.25) is 0 Å². The molecular formula is C23H29N5OS. The number of rotatable bonds is 7. The fourth-order valence-corrected chi connectivity index (χ4v) is 4.76. The Morgan fingerprint density at radius 3 is 2.57 bits per heavy atom. The van der Waals surface area contributed by atoms with Crippen LogP contribution in [0.1, 0.15) is 39.2 Å². The monoisotopic (exact) mass is 423 g/mol. The van der Waals surface area contributed by atoms with Gasteiger partial charge in [0.25, 0.3) is 5.56 Å². The molecule has 6 nitrogen and oxygen atoms in total. The lowest BCUT2D eigenvalue weighted by atomic mass is 10.1. The van der Waals surface area contributed by atoms with Gasteiger partial charge in [0.05, 0.1) is 16.6 Å². The second-order valence-corrected chi connectivity index (χ2v) is 8.99. The summed E-state index contributed by atoms with van der Waals surface area (Å²) in [6.45, 7) is 8.24. The first-order valence-corrected chi connectivity index (χ1v) is 11.6. The Balaban J connectivity index is 1.62. The highest BCUT2D eigenvalue weighted by molar-refractivity contribution is 7.19. The Bertz CT molecular complexity index is 1020. The number of piperidine rings is 1. The molecule has 1 fully saturated rings. The second-order valence-electron chi connectivity index (χ2n) is 7.99. The van der Waals surface area contributed by atoms with E-state index in [2.05, 4.69) is 27.4 Å². The number of anilines is 1. The molecule has 1 saturated heterocycles. The summed E-state index contributed by atoms with van der Waals surface area (Å²) in [5, 5.41) is 9.04. The Hall–Kier alpha value is -2.51. The summed E-state index contributed by atoms with van der Waals surface area (Å²) in [5.74, 6) is 0. The van der Waals surface area contributed by atoms with E-state index < -0.39 is 0 Å². The van der Waals surface area contributed by atoms with Crippen LogP contribution < -0.4 is 10.9 Å². The maximum Gasteiger partial charge on any atom is 0.267 e. The van der Waals surface area contributed by atoms with Crippen LogP contribution in [0.15, 0.2) is 47.3 Å². The van der Waals surface area contributed by atoms with E-state index in [-0.39, 0.29) is 11.6 Å². The normalized spacial score (nSPS) is 14.9. The zero-order chi connectivity index (χ0) is 20.9. The Kier molecular flexibility index (Phi) is 6.59. The van der Waals surface area contributed by atoms with E-state index in [1.807, 2.05) is 32.0 Å². The number of benzene rings is 1. The molecule has 1 aliphatic heterocycles. The second kappa shape index (κ2) is 9.53. The van der Waals surface area contributed by atoms with Crippen molar-refractivity contribution < 1.29 is 0 Å². The molecule has 0 radical (unpaired) electrons. The van der Waals surface area contributed by atoms with Crippen LogP contribution in [0.2, 0.25) is 0 Å². The number of thiazole rings is 1. The molecule has 3 heterocycles. The summed E-state index contributed by atoms with van der Waals surface area (Å²) in [5.41, 5.74) is 2.66. The van der Waals surface area contributed by atoms with Gasteiger partial charge in [-0.2, -0.15) is 5.10 Å². The third kappa shape index (κ3) is 4.79. The maximum absolute atomic E-state index is 12.2. The van der Waals surface area contributed by atoms with Crippen molar-refractivity contribution in [2.45, 2.75) is 39.2 Å². The average Bonchev–Trinajstić information content (AvgIpc) is 3.19. The van der Waals surface area contributed by atoms with E-state index in [0.29, 0.717) is 0 Å². The number of aromatic nitrogens is 3. The number of likely N-dealkylation sites (tertiary alicyclic amines) is 1. The summed E-state index contributed by atoms with van der Waals surface area (Å²) >= 11 is 1.60. The first kappa shape index (κ1) is 20.8. The Morgan fingerprint density at radius 1 is 1.07 bits per heavy atom. The van der Waals surface area contributed by atoms with Gasteiger partial charge in [-0.05, 0) is 45.8 Å². The molecule has 158 valence electrons. The van der Waals surface area contributed by atoms with Gasteiger partial charge in [0.1, 0.15) is 5.69 Å². The minimum absolute atomic E-state index is 0.00712. The van der Waals surface area contributed by atoms with E-state index >= 15 is 0 Å². The van der Waals surface area contributed by atoms with Crippen molar-refractivity contribution in [3.63, 3.8) is 0 Å². The molecule has 0 spiro atoms. The van der Waals surface area contributed by atoms with Crippen molar-refractivity contribution in [2.24, 2.45) is 0 Å². The molecule has 1 N–H and O–H groups in total. The molecule has 0 atom stereocenters. The van der Waals surface area contributed by atoms with Gasteiger partial charge in [-0.25, -0.2) is 9.67 Å². The minimum Gasteiger partial charge on any atom is -0.360 e. The summed E-state index contributed by atoms with van der Waals surface area (Å²) in [6.07, 6.45) is 3.96. The molecule has 0 amide bonds. The molecule has 0 bridgehead atoms. The van der Waals surface area contributed by atoms with Crippen LogP contribution in [0.5, 0.6) is 0 Å². The van der Waals surface area contributed by atoms with Crippen LogP contribution in [0.4, 0.5) is 5.13 Å². The lowest BCUT2D eigenvalue weighted by molar-refractivity contribution is 0.237. The van der Waals surface area contributed by atoms with E-state index in [0.717, 1.165) is 40.0 Å². The molecule has 30 heavy (non-hydrogen) atoms. The molecule has 3 aromatic rings. The molecule has 7 heteroatoms. The van der Waals surface area contributed by atoms with Gasteiger partial charge in [-0.15, -0.1) is 0 Å². The first-order valence-electron chi connectivity index (χ1n) is 10.7. The summed E-state index contributed by atoms with van der Waals surface area (Å²) in [7, 11) is 0. The van der Waals surface area contributed by atoms with Crippen LogP contribution in [-0.2, 0) is 0 Å². The smallest absolute Gasteiger partial charge is 0.267 e. The highest BCUT2D eigenvalue weighted by atomic mass is 32.1. The molecule has 0 aliphatic carbocycles. The van der Waals surface area contributed by atoms with Crippen molar-refractivity contribution in [2.75, 3.05) is 31.5 Å². The molecule has 0 saturated carbocycles. The largest absolute Gasteiger partial charge is 0.360 e. The third-order valence-corrected chi connectivity index (χ3v) is 6.41. The number of nitrogens with one attached hydrogen (secondary N) is 1. The SMILES string of the molecule is CC(C)n1nc(-c2sc(NCCN3CCCCC3)nc2-c2ccccc2)ccc1=O. The van der Waals surface area contributed by atoms with E-state index in [9.17, 15) is 4.79 Å². The number of nitrogens with zero attached hydrogens (tertiary/aromatic N) is 4. The number of hydrogen-bond donors (Lipinski definition) is 1. The van der Waals surface area contributed by atoms with Crippen LogP contribution in [-0.4, -0.2) is 45.8 Å². The molecule has 1 aliphatic rings. The van der Waals surface area contributed by atoms with Crippen molar-refractivity contribution >= 4 is 16.5 Å². The fourth-order valence-electron chi connectivity index (χ4n) is 3.78. The molecule has 0 unspecified atom stereocenters. The van der Waals surface area contributed by atoms with E-state index in [1.165, 1.54) is 37.0 Å². The van der Waals surface area contributed by atoms with Gasteiger partial charge >= 0.3 is 0 Å². The molecule has 2 aromatic heterocycles. The topological polar surface area (TPSA) is 63.1 Å². The summed E-state index contributed by atoms with van der Waals surface area (Å²) < 4.78 is 1.54. The summed E-state index contributed by atoms with van der Waals surface area (Å²) in [6, 6.07) is 13.6. The quantitative estimate of drug-likeness (QED) is 0.606. The standard InChI is InChI=1S/C23H29N5OS/c1-17(2)28-20(29)12-11-19(26-28)22-21(18-9-5-3-6-10-18)25-23(30-22)24-13-16-27-14-7-4-8-15-27/h3,5-6,9-12,17H,4,7-8,13-16H2,1-2H3,(H,24,25). The van der Waals surface area contributed by atoms with Gasteiger partial charge in [-0.1, -0.05) is 48.1 Å². The molecule has 1 aromatic carbocycles. The molecular weight excluding hydrogens is 394 g/mol. The Labute approximate surface area is 181 Å². The first-order chi connectivity index (χ1) is 14.6. The van der Waals surface area contributed by atoms with Gasteiger partial charge in [0, 0.05) is 24.7 Å². The third-order valence-electron chi connectivity index (χ3n) is 5.37. The van der Waals surface area contributed by atoms with Gasteiger partial charge in [-0.3, -0.25) is 4.79 Å². The van der Waals surface area contributed by atoms with Gasteiger partial charge < -0.3 is 10.2 Å².